The predicted octanol–water partition coefficient (Wildman–Crippen LogP) is 4.38. The number of allylic oxidation sites excluding steroid dienone is 1. The Labute approximate surface area is 163 Å². The van der Waals surface area contributed by atoms with Gasteiger partial charge in [-0.3, -0.25) is 9.79 Å². The van der Waals surface area contributed by atoms with Crippen molar-refractivity contribution in [3.63, 3.8) is 0 Å². The zero-order valence-corrected chi connectivity index (χ0v) is 17.4. The molecule has 3 unspecified atom stereocenters. The van der Waals surface area contributed by atoms with E-state index in [9.17, 15) is 13.6 Å². The molecule has 0 radical (unpaired) electrons. The molecule has 2 aliphatic rings. The largest absolute Gasteiger partial charge is 0.378 e. The van der Waals surface area contributed by atoms with Crippen LogP contribution in [0.25, 0.3) is 6.08 Å². The van der Waals surface area contributed by atoms with Crippen LogP contribution in [0.15, 0.2) is 29.0 Å². The average Bonchev–Trinajstić information content (AvgIpc) is 3.21. The number of carbonyl (C=O) groups is 1. The summed E-state index contributed by atoms with van der Waals surface area (Å²) >= 11 is 1.27. The van der Waals surface area contributed by atoms with Crippen molar-refractivity contribution in [1.29, 1.82) is 0 Å². The number of rotatable bonds is 3. The van der Waals surface area contributed by atoms with Gasteiger partial charge >= 0.3 is 0 Å². The number of amidine groups is 1. The first kappa shape index (κ1) is 21.4. The second-order valence-corrected chi connectivity index (χ2v) is 8.13. The number of hydrogen-bond donors (Lipinski definition) is 1. The van der Waals surface area contributed by atoms with Crippen molar-refractivity contribution in [1.82, 2.24) is 4.90 Å². The van der Waals surface area contributed by atoms with Gasteiger partial charge in [-0.05, 0) is 36.6 Å². The van der Waals surface area contributed by atoms with Gasteiger partial charge in [0.15, 0.2) is 5.17 Å². The van der Waals surface area contributed by atoms with Gasteiger partial charge in [0.1, 0.15) is 10.6 Å². The van der Waals surface area contributed by atoms with E-state index in [0.29, 0.717) is 11.1 Å². The molecule has 148 valence electrons. The van der Waals surface area contributed by atoms with Gasteiger partial charge in [0, 0.05) is 25.6 Å². The molecule has 0 spiro atoms. The smallest absolute Gasteiger partial charge is 0.239 e. The molecule has 2 N–H and O–H groups in total. The fourth-order valence-electron chi connectivity index (χ4n) is 3.75. The van der Waals surface area contributed by atoms with E-state index in [4.69, 9.17) is 5.73 Å². The second kappa shape index (κ2) is 8.00. The monoisotopic (exact) mass is 395 g/mol. The first-order valence-corrected chi connectivity index (χ1v) is 9.87. The Kier molecular flexibility index (Phi) is 6.35. The molecular weight excluding hydrogens is 368 g/mol. The first-order valence-electron chi connectivity index (χ1n) is 9.05. The van der Waals surface area contributed by atoms with Crippen LogP contribution in [0.1, 0.15) is 44.9 Å². The standard InChI is InChI=1S/C18H21F2N3OS.C2H6/c1-9(19)7-11-5-6-13(20)12(8-11)15-14-10(2)18(14,16(24)23(3)4)25-17(21)22-15;1-2/h5-8,10,14-15H,1-4H3,(H2,21,22);1-2H3/b9-7-;/t10-,14?,15?,18?;/m0./s1. The third-order valence-corrected chi connectivity index (χ3v) is 6.40. The van der Waals surface area contributed by atoms with Crippen molar-refractivity contribution in [3.05, 3.63) is 41.0 Å². The minimum absolute atomic E-state index is 0.0173. The van der Waals surface area contributed by atoms with Gasteiger partial charge in [0.05, 0.1) is 11.9 Å². The van der Waals surface area contributed by atoms with Crippen LogP contribution in [0.3, 0.4) is 0 Å². The van der Waals surface area contributed by atoms with E-state index < -0.39 is 16.6 Å². The molecule has 7 heteroatoms. The molecule has 0 aromatic heterocycles. The summed E-state index contributed by atoms with van der Waals surface area (Å²) in [5.41, 5.74) is 6.89. The summed E-state index contributed by atoms with van der Waals surface area (Å²) in [7, 11) is 3.40. The highest BCUT2D eigenvalue weighted by molar-refractivity contribution is 8.15. The molecular formula is C20H27F2N3OS. The van der Waals surface area contributed by atoms with E-state index in [2.05, 4.69) is 4.99 Å². The van der Waals surface area contributed by atoms with Crippen LogP contribution >= 0.6 is 11.8 Å². The third kappa shape index (κ3) is 3.74. The van der Waals surface area contributed by atoms with E-state index in [1.807, 2.05) is 20.8 Å². The number of aliphatic imine (C=N–C) groups is 1. The number of carbonyl (C=O) groups excluding carboxylic acids is 1. The molecule has 4 atom stereocenters. The predicted molar refractivity (Wildman–Crippen MR) is 109 cm³/mol. The van der Waals surface area contributed by atoms with Crippen LogP contribution in [0, 0.1) is 17.7 Å². The van der Waals surface area contributed by atoms with E-state index in [1.165, 1.54) is 36.9 Å². The fourth-order valence-corrected chi connectivity index (χ4v) is 5.27. The summed E-state index contributed by atoms with van der Waals surface area (Å²) in [6.07, 6.45) is 1.34. The molecule has 3 rings (SSSR count). The maximum absolute atomic E-state index is 14.5. The lowest BCUT2D eigenvalue weighted by atomic mass is 9.97. The van der Waals surface area contributed by atoms with E-state index in [-0.39, 0.29) is 28.7 Å². The van der Waals surface area contributed by atoms with E-state index >= 15 is 0 Å². The van der Waals surface area contributed by atoms with E-state index in [0.717, 1.165) is 0 Å². The summed E-state index contributed by atoms with van der Waals surface area (Å²) < 4.78 is 27.0. The maximum atomic E-state index is 14.5. The molecule has 1 aromatic rings. The number of amides is 1. The molecule has 1 amide bonds. The number of fused-ring (bicyclic) bond motifs is 1. The topological polar surface area (TPSA) is 58.7 Å². The molecule has 1 saturated carbocycles. The van der Waals surface area contributed by atoms with Gasteiger partial charge in [0.2, 0.25) is 5.91 Å². The first-order chi connectivity index (χ1) is 12.7. The van der Waals surface area contributed by atoms with Crippen LogP contribution in [0.5, 0.6) is 0 Å². The number of nitrogens with two attached hydrogens (primary N) is 1. The van der Waals surface area contributed by atoms with Crippen molar-refractivity contribution in [2.45, 2.75) is 38.5 Å². The van der Waals surface area contributed by atoms with Crippen molar-refractivity contribution in [2.75, 3.05) is 14.1 Å². The van der Waals surface area contributed by atoms with Crippen LogP contribution < -0.4 is 5.73 Å². The van der Waals surface area contributed by atoms with Crippen LogP contribution in [-0.4, -0.2) is 34.8 Å². The Hall–Kier alpha value is -1.89. The number of hydrogen-bond acceptors (Lipinski definition) is 4. The maximum Gasteiger partial charge on any atom is 0.239 e. The minimum atomic E-state index is -0.700. The summed E-state index contributed by atoms with van der Waals surface area (Å²) in [6, 6.07) is 3.86. The molecule has 1 aliphatic heterocycles. The highest BCUT2D eigenvalue weighted by Gasteiger charge is 2.73. The molecule has 1 aromatic carbocycles. The SMILES string of the molecule is C/C(F)=C/c1ccc(F)c(C2N=C(N)SC3(C(=O)N(C)C)C2[C@@H]3C)c1.CC. The van der Waals surface area contributed by atoms with Gasteiger partial charge in [-0.1, -0.05) is 38.6 Å². The molecule has 1 heterocycles. The number of thioether (sulfide) groups is 1. The normalized spacial score (nSPS) is 29.1. The van der Waals surface area contributed by atoms with Crippen LogP contribution in [-0.2, 0) is 4.79 Å². The Bertz CT molecular complexity index is 789. The zero-order chi connectivity index (χ0) is 20.5. The summed E-state index contributed by atoms with van der Waals surface area (Å²) in [4.78, 5) is 18.7. The molecule has 1 fully saturated rings. The van der Waals surface area contributed by atoms with Crippen molar-refractivity contribution >= 4 is 28.9 Å². The van der Waals surface area contributed by atoms with Crippen LogP contribution in [0.2, 0.25) is 0 Å². The summed E-state index contributed by atoms with van der Waals surface area (Å²) in [5.74, 6) is -0.943. The lowest BCUT2D eigenvalue weighted by Gasteiger charge is -2.27. The van der Waals surface area contributed by atoms with Gasteiger partial charge < -0.3 is 10.6 Å². The highest BCUT2D eigenvalue weighted by Crippen LogP contribution is 2.68. The average molecular weight is 396 g/mol. The number of benzene rings is 1. The highest BCUT2D eigenvalue weighted by atomic mass is 32.2. The molecule has 27 heavy (non-hydrogen) atoms. The van der Waals surface area contributed by atoms with Crippen molar-refractivity contribution < 1.29 is 13.6 Å². The zero-order valence-electron chi connectivity index (χ0n) is 16.6. The molecule has 0 bridgehead atoms. The summed E-state index contributed by atoms with van der Waals surface area (Å²) in [5, 5.41) is 0.280. The van der Waals surface area contributed by atoms with Gasteiger partial charge in [-0.2, -0.15) is 0 Å². The minimum Gasteiger partial charge on any atom is -0.378 e. The number of nitrogens with zero attached hydrogens (tertiary/aromatic N) is 2. The van der Waals surface area contributed by atoms with Gasteiger partial charge in [-0.15, -0.1) is 0 Å². The summed E-state index contributed by atoms with van der Waals surface area (Å²) in [6.45, 7) is 7.30. The second-order valence-electron chi connectivity index (χ2n) is 6.83. The third-order valence-electron chi connectivity index (χ3n) is 4.93. The Morgan fingerprint density at radius 1 is 1.37 bits per heavy atom. The number of halogens is 2. The molecule has 4 nitrogen and oxygen atoms in total. The van der Waals surface area contributed by atoms with Crippen molar-refractivity contribution in [2.24, 2.45) is 22.6 Å². The molecule has 0 saturated heterocycles. The van der Waals surface area contributed by atoms with Gasteiger partial charge in [0.25, 0.3) is 0 Å². The lowest BCUT2D eigenvalue weighted by Crippen LogP contribution is -2.39. The van der Waals surface area contributed by atoms with Crippen LogP contribution in [0.4, 0.5) is 8.78 Å². The van der Waals surface area contributed by atoms with Gasteiger partial charge in [-0.25, -0.2) is 8.78 Å². The molecule has 1 aliphatic carbocycles. The van der Waals surface area contributed by atoms with E-state index in [1.54, 1.807) is 25.1 Å². The fraction of sp³-hybridized carbons (Fsp3) is 0.500. The Morgan fingerprint density at radius 3 is 2.56 bits per heavy atom. The quantitative estimate of drug-likeness (QED) is 0.826. The Balaban J connectivity index is 0.00000126. The van der Waals surface area contributed by atoms with Crippen molar-refractivity contribution in [3.8, 4) is 0 Å². The lowest BCUT2D eigenvalue weighted by molar-refractivity contribution is -0.129. The Morgan fingerprint density at radius 2 is 2.00 bits per heavy atom.